The van der Waals surface area contributed by atoms with Gasteiger partial charge < -0.3 is 19.9 Å². The first-order chi connectivity index (χ1) is 9.73. The molecule has 1 aromatic carbocycles. The van der Waals surface area contributed by atoms with Crippen LogP contribution < -0.4 is 15.2 Å². The van der Waals surface area contributed by atoms with Gasteiger partial charge in [0.2, 0.25) is 0 Å². The number of nitrogens with zero attached hydrogens (tertiary/aromatic N) is 1. The van der Waals surface area contributed by atoms with Gasteiger partial charge in [-0.2, -0.15) is 0 Å². The summed E-state index contributed by atoms with van der Waals surface area (Å²) in [5.74, 6) is 1.52. The molecular weight excluding hydrogens is 276 g/mol. The van der Waals surface area contributed by atoms with Gasteiger partial charge in [-0.15, -0.1) is 11.3 Å². The van der Waals surface area contributed by atoms with Gasteiger partial charge >= 0.3 is 0 Å². The molecule has 0 aliphatic rings. The zero-order valence-corrected chi connectivity index (χ0v) is 12.6. The molecule has 0 amide bonds. The van der Waals surface area contributed by atoms with Crippen LogP contribution >= 0.6 is 11.3 Å². The van der Waals surface area contributed by atoms with Gasteiger partial charge in [0, 0.05) is 18.5 Å². The Labute approximate surface area is 122 Å². The zero-order valence-electron chi connectivity index (χ0n) is 11.8. The van der Waals surface area contributed by atoms with Gasteiger partial charge in [-0.05, 0) is 18.2 Å². The first kappa shape index (κ1) is 14.8. The van der Waals surface area contributed by atoms with E-state index in [4.69, 9.17) is 19.9 Å². The SMILES string of the molecule is COCc1nc(-c2cc(OC)ccc2OC)sc1CN. The molecule has 0 saturated carbocycles. The van der Waals surface area contributed by atoms with Crippen LogP contribution in [0.2, 0.25) is 0 Å². The summed E-state index contributed by atoms with van der Waals surface area (Å²) < 4.78 is 15.8. The number of methoxy groups -OCH3 is 3. The standard InChI is InChI=1S/C14H18N2O3S/c1-17-8-11-13(7-15)20-14(16-11)10-6-9(18-2)4-5-12(10)19-3/h4-6H,7-8,15H2,1-3H3. The molecule has 5 nitrogen and oxygen atoms in total. The minimum atomic E-state index is 0.447. The molecule has 0 bridgehead atoms. The van der Waals surface area contributed by atoms with Crippen LogP contribution in [0.5, 0.6) is 11.5 Å². The molecule has 0 unspecified atom stereocenters. The maximum atomic E-state index is 5.76. The minimum absolute atomic E-state index is 0.447. The summed E-state index contributed by atoms with van der Waals surface area (Å²) in [6.07, 6.45) is 0. The molecule has 0 fully saturated rings. The smallest absolute Gasteiger partial charge is 0.129 e. The van der Waals surface area contributed by atoms with Crippen molar-refractivity contribution in [3.05, 3.63) is 28.8 Å². The molecule has 6 heteroatoms. The number of thiazole rings is 1. The van der Waals surface area contributed by atoms with E-state index in [0.717, 1.165) is 32.6 Å². The minimum Gasteiger partial charge on any atom is -0.497 e. The number of nitrogens with two attached hydrogens (primary N) is 1. The van der Waals surface area contributed by atoms with Crippen LogP contribution in [0, 0.1) is 0 Å². The predicted octanol–water partition coefficient (Wildman–Crippen LogP) is 2.43. The van der Waals surface area contributed by atoms with Crippen molar-refractivity contribution in [2.45, 2.75) is 13.2 Å². The molecule has 0 aliphatic heterocycles. The van der Waals surface area contributed by atoms with Gasteiger partial charge in [0.1, 0.15) is 16.5 Å². The molecule has 108 valence electrons. The van der Waals surface area contributed by atoms with Crippen LogP contribution in [-0.2, 0) is 17.9 Å². The first-order valence-electron chi connectivity index (χ1n) is 6.13. The second-order valence-electron chi connectivity index (χ2n) is 4.09. The van der Waals surface area contributed by atoms with Gasteiger partial charge in [-0.25, -0.2) is 4.98 Å². The number of ether oxygens (including phenoxy) is 3. The fourth-order valence-corrected chi connectivity index (χ4v) is 2.85. The van der Waals surface area contributed by atoms with Crippen molar-refractivity contribution < 1.29 is 14.2 Å². The largest absolute Gasteiger partial charge is 0.497 e. The molecule has 1 aromatic heterocycles. The van der Waals surface area contributed by atoms with Crippen LogP contribution in [0.15, 0.2) is 18.2 Å². The maximum Gasteiger partial charge on any atom is 0.129 e. The molecule has 0 atom stereocenters. The van der Waals surface area contributed by atoms with Gasteiger partial charge in [0.05, 0.1) is 32.1 Å². The zero-order chi connectivity index (χ0) is 14.5. The van der Waals surface area contributed by atoms with Crippen molar-refractivity contribution in [1.82, 2.24) is 4.98 Å². The van der Waals surface area contributed by atoms with Gasteiger partial charge in [0.15, 0.2) is 0 Å². The predicted molar refractivity (Wildman–Crippen MR) is 79.3 cm³/mol. The summed E-state index contributed by atoms with van der Waals surface area (Å²) >= 11 is 1.55. The molecule has 0 spiro atoms. The lowest BCUT2D eigenvalue weighted by molar-refractivity contribution is 0.181. The molecule has 2 N–H and O–H groups in total. The quantitative estimate of drug-likeness (QED) is 0.886. The Kier molecular flexibility index (Phi) is 4.94. The van der Waals surface area contributed by atoms with E-state index in [1.807, 2.05) is 18.2 Å². The van der Waals surface area contributed by atoms with Crippen molar-refractivity contribution in [3.63, 3.8) is 0 Å². The third-order valence-corrected chi connectivity index (χ3v) is 4.03. The van der Waals surface area contributed by atoms with E-state index in [-0.39, 0.29) is 0 Å². The van der Waals surface area contributed by atoms with Crippen LogP contribution in [-0.4, -0.2) is 26.3 Å². The average Bonchev–Trinajstić information content (AvgIpc) is 2.90. The third kappa shape index (κ3) is 2.92. The van der Waals surface area contributed by atoms with Crippen LogP contribution in [0.1, 0.15) is 10.6 Å². The topological polar surface area (TPSA) is 66.6 Å². The molecule has 2 rings (SSSR count). The molecule has 0 aliphatic carbocycles. The normalized spacial score (nSPS) is 10.6. The van der Waals surface area contributed by atoms with Gasteiger partial charge in [-0.1, -0.05) is 0 Å². The Bertz CT molecular complexity index is 584. The van der Waals surface area contributed by atoms with Crippen LogP contribution in [0.4, 0.5) is 0 Å². The third-order valence-electron chi connectivity index (χ3n) is 2.88. The molecule has 1 heterocycles. The highest BCUT2D eigenvalue weighted by Crippen LogP contribution is 2.37. The fourth-order valence-electron chi connectivity index (χ4n) is 1.89. The lowest BCUT2D eigenvalue weighted by atomic mass is 10.2. The summed E-state index contributed by atoms with van der Waals surface area (Å²) in [7, 11) is 4.92. The highest BCUT2D eigenvalue weighted by Gasteiger charge is 2.15. The van der Waals surface area contributed by atoms with E-state index in [1.165, 1.54) is 0 Å². The Hall–Kier alpha value is -1.63. The highest BCUT2D eigenvalue weighted by atomic mass is 32.1. The number of aromatic nitrogens is 1. The van der Waals surface area contributed by atoms with Crippen molar-refractivity contribution in [1.29, 1.82) is 0 Å². The van der Waals surface area contributed by atoms with E-state index in [0.29, 0.717) is 13.2 Å². The van der Waals surface area contributed by atoms with E-state index in [9.17, 15) is 0 Å². The van der Waals surface area contributed by atoms with Crippen molar-refractivity contribution in [2.75, 3.05) is 21.3 Å². The monoisotopic (exact) mass is 294 g/mol. The van der Waals surface area contributed by atoms with E-state index in [1.54, 1.807) is 32.7 Å². The number of hydrogen-bond donors (Lipinski definition) is 1. The molecular formula is C14H18N2O3S. The van der Waals surface area contributed by atoms with Crippen LogP contribution in [0.25, 0.3) is 10.6 Å². The second kappa shape index (κ2) is 6.69. The van der Waals surface area contributed by atoms with Gasteiger partial charge in [0.25, 0.3) is 0 Å². The summed E-state index contributed by atoms with van der Waals surface area (Å²) in [6, 6.07) is 5.64. The molecule has 2 aromatic rings. The summed E-state index contributed by atoms with van der Waals surface area (Å²) in [5, 5.41) is 0.855. The van der Waals surface area contributed by atoms with Crippen LogP contribution in [0.3, 0.4) is 0 Å². The number of rotatable bonds is 6. The molecule has 0 saturated heterocycles. The van der Waals surface area contributed by atoms with Crippen molar-refractivity contribution in [3.8, 4) is 22.1 Å². The second-order valence-corrected chi connectivity index (χ2v) is 5.18. The number of hydrogen-bond acceptors (Lipinski definition) is 6. The summed E-state index contributed by atoms with van der Waals surface area (Å²) in [5.41, 5.74) is 7.53. The Morgan fingerprint density at radius 2 is 2.00 bits per heavy atom. The van der Waals surface area contributed by atoms with Crippen molar-refractivity contribution >= 4 is 11.3 Å². The van der Waals surface area contributed by atoms with E-state index in [2.05, 4.69) is 4.98 Å². The summed E-state index contributed by atoms with van der Waals surface area (Å²) in [4.78, 5) is 5.62. The average molecular weight is 294 g/mol. The molecule has 20 heavy (non-hydrogen) atoms. The van der Waals surface area contributed by atoms with E-state index < -0.39 is 0 Å². The van der Waals surface area contributed by atoms with E-state index >= 15 is 0 Å². The Morgan fingerprint density at radius 1 is 1.20 bits per heavy atom. The highest BCUT2D eigenvalue weighted by molar-refractivity contribution is 7.15. The lowest BCUT2D eigenvalue weighted by Crippen LogP contribution is -1.99. The lowest BCUT2D eigenvalue weighted by Gasteiger charge is -2.08. The molecule has 0 radical (unpaired) electrons. The number of benzene rings is 1. The van der Waals surface area contributed by atoms with Gasteiger partial charge in [-0.3, -0.25) is 0 Å². The Morgan fingerprint density at radius 3 is 2.60 bits per heavy atom. The van der Waals surface area contributed by atoms with Crippen molar-refractivity contribution in [2.24, 2.45) is 5.73 Å². The fraction of sp³-hybridized carbons (Fsp3) is 0.357. The summed E-state index contributed by atoms with van der Waals surface area (Å²) in [6.45, 7) is 0.901. The Balaban J connectivity index is 2.49. The first-order valence-corrected chi connectivity index (χ1v) is 6.95. The maximum absolute atomic E-state index is 5.76.